The molecule has 0 saturated carbocycles. The molecule has 2 aromatic carbocycles. The van der Waals surface area contributed by atoms with Gasteiger partial charge in [0.15, 0.2) is 5.58 Å². The minimum absolute atomic E-state index is 0.0245. The Morgan fingerprint density at radius 2 is 1.73 bits per heavy atom. The number of para-hydroxylation sites is 2. The number of hydrogen-bond donors (Lipinski definition) is 0. The SMILES string of the molecule is O=S(=O)(c1ccc(-c2ccon2)s1)N(Cc1ccccc1)c1nc2ccccc2o1. The van der Waals surface area contributed by atoms with Crippen LogP contribution in [-0.2, 0) is 16.6 Å². The number of sulfonamides is 1. The zero-order valence-electron chi connectivity index (χ0n) is 15.5. The van der Waals surface area contributed by atoms with Crippen LogP contribution in [0.15, 0.2) is 92.2 Å². The van der Waals surface area contributed by atoms with Crippen LogP contribution in [0.4, 0.5) is 6.01 Å². The highest BCUT2D eigenvalue weighted by atomic mass is 32.2. The van der Waals surface area contributed by atoms with Crippen LogP contribution < -0.4 is 4.31 Å². The van der Waals surface area contributed by atoms with Gasteiger partial charge in [-0.15, -0.1) is 11.3 Å². The van der Waals surface area contributed by atoms with E-state index in [2.05, 4.69) is 10.1 Å². The molecule has 0 unspecified atom stereocenters. The highest BCUT2D eigenvalue weighted by Crippen LogP contribution is 2.34. The molecule has 0 radical (unpaired) electrons. The lowest BCUT2D eigenvalue weighted by Crippen LogP contribution is -2.30. The summed E-state index contributed by atoms with van der Waals surface area (Å²) < 4.78 is 39.2. The van der Waals surface area contributed by atoms with Crippen molar-refractivity contribution < 1.29 is 17.4 Å². The summed E-state index contributed by atoms with van der Waals surface area (Å²) >= 11 is 1.12. The van der Waals surface area contributed by atoms with Crippen molar-refractivity contribution in [3.05, 3.63) is 84.6 Å². The highest BCUT2D eigenvalue weighted by Gasteiger charge is 2.31. The van der Waals surface area contributed by atoms with E-state index in [9.17, 15) is 8.42 Å². The molecular weight excluding hydrogens is 422 g/mol. The van der Waals surface area contributed by atoms with Gasteiger partial charge in [0.2, 0.25) is 0 Å². The molecule has 5 rings (SSSR count). The van der Waals surface area contributed by atoms with Gasteiger partial charge in [-0.1, -0.05) is 47.6 Å². The van der Waals surface area contributed by atoms with Crippen LogP contribution in [0.25, 0.3) is 21.7 Å². The van der Waals surface area contributed by atoms with Gasteiger partial charge in [-0.3, -0.25) is 0 Å². The Balaban J connectivity index is 1.59. The minimum atomic E-state index is -3.93. The number of oxazole rings is 1. The smallest absolute Gasteiger partial charge is 0.313 e. The number of benzene rings is 2. The lowest BCUT2D eigenvalue weighted by molar-refractivity contribution is 0.422. The molecule has 5 aromatic rings. The highest BCUT2D eigenvalue weighted by molar-refractivity contribution is 7.94. The van der Waals surface area contributed by atoms with E-state index in [1.807, 2.05) is 42.5 Å². The average molecular weight is 438 g/mol. The Bertz CT molecular complexity index is 1360. The number of nitrogens with zero attached hydrogens (tertiary/aromatic N) is 3. The standard InChI is InChI=1S/C21H15N3O4S2/c25-30(26,20-11-10-19(29-20)17-12-13-27-23-17)24(14-15-6-2-1-3-7-15)21-22-16-8-4-5-9-18(16)28-21/h1-13H,14H2. The van der Waals surface area contributed by atoms with Crippen molar-refractivity contribution in [2.45, 2.75) is 10.8 Å². The van der Waals surface area contributed by atoms with E-state index >= 15 is 0 Å². The Hall–Kier alpha value is -3.43. The number of anilines is 1. The molecule has 0 fully saturated rings. The lowest BCUT2D eigenvalue weighted by atomic mass is 10.2. The Labute approximate surface area is 176 Å². The average Bonchev–Trinajstić information content (AvgIpc) is 3.52. The van der Waals surface area contributed by atoms with Gasteiger partial charge in [-0.05, 0) is 29.8 Å². The maximum absolute atomic E-state index is 13.6. The fourth-order valence-electron chi connectivity index (χ4n) is 3.02. The molecule has 3 aromatic heterocycles. The molecule has 7 nitrogen and oxygen atoms in total. The zero-order valence-corrected chi connectivity index (χ0v) is 17.1. The van der Waals surface area contributed by atoms with E-state index in [0.717, 1.165) is 16.9 Å². The van der Waals surface area contributed by atoms with E-state index in [4.69, 9.17) is 8.94 Å². The van der Waals surface area contributed by atoms with Crippen molar-refractivity contribution in [1.29, 1.82) is 0 Å². The summed E-state index contributed by atoms with van der Waals surface area (Å²) in [4.78, 5) is 5.11. The van der Waals surface area contributed by atoms with E-state index in [-0.39, 0.29) is 16.8 Å². The summed E-state index contributed by atoms with van der Waals surface area (Å²) in [7, 11) is -3.93. The van der Waals surface area contributed by atoms with Crippen molar-refractivity contribution >= 4 is 38.5 Å². The first-order valence-corrected chi connectivity index (χ1v) is 11.3. The van der Waals surface area contributed by atoms with Gasteiger partial charge >= 0.3 is 6.01 Å². The van der Waals surface area contributed by atoms with Crippen LogP contribution >= 0.6 is 11.3 Å². The maximum Gasteiger partial charge on any atom is 0.313 e. The second kappa shape index (κ2) is 7.43. The largest absolute Gasteiger partial charge is 0.423 e. The summed E-state index contributed by atoms with van der Waals surface area (Å²) in [6, 6.07) is 21.5. The van der Waals surface area contributed by atoms with Crippen LogP contribution in [0.3, 0.4) is 0 Å². The quantitative estimate of drug-likeness (QED) is 0.374. The molecule has 0 bridgehead atoms. The molecule has 9 heteroatoms. The molecule has 0 aliphatic rings. The Kier molecular flexibility index (Phi) is 4.61. The van der Waals surface area contributed by atoms with Crippen molar-refractivity contribution in [1.82, 2.24) is 10.1 Å². The van der Waals surface area contributed by atoms with Gasteiger partial charge in [0.05, 0.1) is 11.4 Å². The first-order chi connectivity index (χ1) is 14.6. The molecule has 150 valence electrons. The van der Waals surface area contributed by atoms with Crippen LogP contribution in [-0.4, -0.2) is 18.6 Å². The topological polar surface area (TPSA) is 89.4 Å². The summed E-state index contributed by atoms with van der Waals surface area (Å²) in [5.41, 5.74) is 2.51. The van der Waals surface area contributed by atoms with Crippen LogP contribution in [0, 0.1) is 0 Å². The van der Waals surface area contributed by atoms with Gasteiger partial charge in [0.25, 0.3) is 10.0 Å². The van der Waals surface area contributed by atoms with Crippen LogP contribution in [0.2, 0.25) is 0 Å². The third-order valence-electron chi connectivity index (χ3n) is 4.48. The van der Waals surface area contributed by atoms with Crippen LogP contribution in [0.1, 0.15) is 5.56 Å². The third kappa shape index (κ3) is 3.38. The Morgan fingerprint density at radius 1 is 0.933 bits per heavy atom. The fraction of sp³-hybridized carbons (Fsp3) is 0.0476. The second-order valence-corrected chi connectivity index (χ2v) is 9.64. The molecule has 0 aliphatic heterocycles. The maximum atomic E-state index is 13.6. The van der Waals surface area contributed by atoms with Gasteiger partial charge in [0.1, 0.15) is 21.7 Å². The van der Waals surface area contributed by atoms with E-state index < -0.39 is 10.0 Å². The summed E-state index contributed by atoms with van der Waals surface area (Å²) in [5.74, 6) is 0. The number of aromatic nitrogens is 2. The predicted molar refractivity (Wildman–Crippen MR) is 114 cm³/mol. The second-order valence-electron chi connectivity index (χ2n) is 6.46. The monoisotopic (exact) mass is 437 g/mol. The molecule has 0 spiro atoms. The first kappa shape index (κ1) is 18.6. The molecule has 0 atom stereocenters. The van der Waals surface area contributed by atoms with Crippen molar-refractivity contribution in [3.8, 4) is 10.6 Å². The van der Waals surface area contributed by atoms with Crippen LogP contribution in [0.5, 0.6) is 0 Å². The molecule has 30 heavy (non-hydrogen) atoms. The van der Waals surface area contributed by atoms with Gasteiger partial charge in [0, 0.05) is 6.07 Å². The molecule has 0 amide bonds. The number of thiophene rings is 1. The third-order valence-corrected chi connectivity index (χ3v) is 7.78. The molecule has 3 heterocycles. The minimum Gasteiger partial charge on any atom is -0.423 e. The number of hydrogen-bond acceptors (Lipinski definition) is 7. The normalized spacial score (nSPS) is 11.7. The van der Waals surface area contributed by atoms with Gasteiger partial charge in [-0.25, -0.2) is 12.7 Å². The molecule has 0 aliphatic carbocycles. The lowest BCUT2D eigenvalue weighted by Gasteiger charge is -2.19. The number of fused-ring (bicyclic) bond motifs is 1. The van der Waals surface area contributed by atoms with Crippen molar-refractivity contribution in [3.63, 3.8) is 0 Å². The van der Waals surface area contributed by atoms with E-state index in [1.165, 1.54) is 10.6 Å². The predicted octanol–water partition coefficient (Wildman–Crippen LogP) is 4.94. The van der Waals surface area contributed by atoms with Crippen molar-refractivity contribution in [2.24, 2.45) is 0 Å². The Morgan fingerprint density at radius 3 is 2.50 bits per heavy atom. The summed E-state index contributed by atoms with van der Waals surface area (Å²) in [6.07, 6.45) is 1.45. The molecular formula is C21H15N3O4S2. The van der Waals surface area contributed by atoms with Crippen molar-refractivity contribution in [2.75, 3.05) is 4.31 Å². The summed E-state index contributed by atoms with van der Waals surface area (Å²) in [6.45, 7) is 0.0905. The molecule has 0 saturated heterocycles. The van der Waals surface area contributed by atoms with E-state index in [1.54, 1.807) is 30.3 Å². The molecule has 0 N–H and O–H groups in total. The number of rotatable bonds is 6. The summed E-state index contributed by atoms with van der Waals surface area (Å²) in [5, 5.41) is 3.88. The van der Waals surface area contributed by atoms with E-state index in [0.29, 0.717) is 21.7 Å². The zero-order chi connectivity index (χ0) is 20.6. The van der Waals surface area contributed by atoms with Gasteiger partial charge in [-0.2, -0.15) is 4.98 Å². The van der Waals surface area contributed by atoms with Gasteiger partial charge < -0.3 is 8.94 Å². The fourth-order valence-corrected chi connectivity index (χ4v) is 5.74. The first-order valence-electron chi connectivity index (χ1n) is 9.04.